The van der Waals surface area contributed by atoms with E-state index >= 15 is 0 Å². The maximum absolute atomic E-state index is 11.8. The Morgan fingerprint density at radius 2 is 1.90 bits per heavy atom. The summed E-state index contributed by atoms with van der Waals surface area (Å²) in [5.41, 5.74) is 7.07. The Labute approximate surface area is 119 Å². The topological polar surface area (TPSA) is 92.4 Å². The minimum atomic E-state index is -0.940. The number of amides is 1. The molecule has 1 amide bonds. The summed E-state index contributed by atoms with van der Waals surface area (Å²) in [5.74, 6) is -0.921. The van der Waals surface area contributed by atoms with Crippen LogP contribution in [0.15, 0.2) is 24.3 Å². The van der Waals surface area contributed by atoms with Crippen molar-refractivity contribution in [2.45, 2.75) is 32.7 Å². The normalized spacial score (nSPS) is 13.6. The number of carbonyl (C=O) groups is 2. The second-order valence-electron chi connectivity index (χ2n) is 4.95. The lowest BCUT2D eigenvalue weighted by Crippen LogP contribution is -2.45. The summed E-state index contributed by atoms with van der Waals surface area (Å²) in [5, 5.41) is 11.6. The van der Waals surface area contributed by atoms with Crippen molar-refractivity contribution in [2.24, 2.45) is 11.7 Å². The second-order valence-corrected chi connectivity index (χ2v) is 4.95. The average Bonchev–Trinajstić information content (AvgIpc) is 2.45. The molecule has 0 aliphatic heterocycles. The van der Waals surface area contributed by atoms with Gasteiger partial charge < -0.3 is 16.2 Å². The molecule has 0 saturated carbocycles. The van der Waals surface area contributed by atoms with Crippen LogP contribution in [0.4, 0.5) is 0 Å². The number of nitrogens with one attached hydrogen (secondary N) is 1. The van der Waals surface area contributed by atoms with Gasteiger partial charge in [0.15, 0.2) is 0 Å². The molecule has 2 atom stereocenters. The lowest BCUT2D eigenvalue weighted by atomic mass is 9.99. The van der Waals surface area contributed by atoms with Gasteiger partial charge in [0.2, 0.25) is 5.91 Å². The molecule has 0 bridgehead atoms. The van der Waals surface area contributed by atoms with Crippen molar-refractivity contribution in [3.63, 3.8) is 0 Å². The van der Waals surface area contributed by atoms with E-state index in [1.165, 1.54) is 0 Å². The van der Waals surface area contributed by atoms with E-state index in [9.17, 15) is 9.59 Å². The van der Waals surface area contributed by atoms with Gasteiger partial charge in [0.1, 0.15) is 0 Å². The molecule has 0 aliphatic rings. The van der Waals surface area contributed by atoms with E-state index in [4.69, 9.17) is 10.8 Å². The summed E-state index contributed by atoms with van der Waals surface area (Å²) in [6.45, 7) is 4.45. The van der Waals surface area contributed by atoms with Crippen molar-refractivity contribution in [3.8, 4) is 0 Å². The highest BCUT2D eigenvalue weighted by Crippen LogP contribution is 2.06. The quantitative estimate of drug-likeness (QED) is 0.703. The standard InChI is InChI=1S/C15H22N2O3/c1-3-10(2)13(16)14(18)17-9-8-11-4-6-12(7-5-11)15(19)20/h4-7,10,13H,3,8-9,16H2,1-2H3,(H,17,18)(H,19,20)/t10?,13-/m0/s1. The largest absolute Gasteiger partial charge is 0.478 e. The number of hydrogen-bond acceptors (Lipinski definition) is 3. The maximum Gasteiger partial charge on any atom is 0.335 e. The van der Waals surface area contributed by atoms with Crippen molar-refractivity contribution < 1.29 is 14.7 Å². The Kier molecular flexibility index (Phi) is 6.18. The summed E-state index contributed by atoms with van der Waals surface area (Å²) in [6, 6.07) is 6.15. The van der Waals surface area contributed by atoms with Crippen molar-refractivity contribution in [2.75, 3.05) is 6.54 Å². The van der Waals surface area contributed by atoms with Gasteiger partial charge >= 0.3 is 5.97 Å². The van der Waals surface area contributed by atoms with Crippen molar-refractivity contribution in [1.82, 2.24) is 5.32 Å². The van der Waals surface area contributed by atoms with Gasteiger partial charge in [-0.05, 0) is 30.0 Å². The first kappa shape index (κ1) is 16.2. The Balaban J connectivity index is 2.40. The molecule has 4 N–H and O–H groups in total. The van der Waals surface area contributed by atoms with E-state index in [1.807, 2.05) is 13.8 Å². The maximum atomic E-state index is 11.8. The molecule has 110 valence electrons. The third kappa shape index (κ3) is 4.66. The number of aromatic carboxylic acids is 1. The van der Waals surface area contributed by atoms with E-state index in [0.29, 0.717) is 13.0 Å². The molecule has 0 fully saturated rings. The molecule has 0 radical (unpaired) electrons. The van der Waals surface area contributed by atoms with E-state index in [1.54, 1.807) is 24.3 Å². The SMILES string of the molecule is CCC(C)[C@H](N)C(=O)NCCc1ccc(C(=O)O)cc1. The molecular weight excluding hydrogens is 256 g/mol. The molecular formula is C15H22N2O3. The zero-order chi connectivity index (χ0) is 15.1. The lowest BCUT2D eigenvalue weighted by Gasteiger charge is -2.17. The molecule has 1 rings (SSSR count). The van der Waals surface area contributed by atoms with E-state index in [-0.39, 0.29) is 17.4 Å². The molecule has 20 heavy (non-hydrogen) atoms. The number of benzene rings is 1. The molecule has 0 saturated heterocycles. The second kappa shape index (κ2) is 7.65. The smallest absolute Gasteiger partial charge is 0.335 e. The van der Waals surface area contributed by atoms with Gasteiger partial charge in [-0.1, -0.05) is 32.4 Å². The fourth-order valence-corrected chi connectivity index (χ4v) is 1.77. The first-order valence-electron chi connectivity index (χ1n) is 6.81. The Morgan fingerprint density at radius 1 is 1.30 bits per heavy atom. The van der Waals surface area contributed by atoms with Gasteiger partial charge in [0.25, 0.3) is 0 Å². The number of carbonyl (C=O) groups excluding carboxylic acids is 1. The molecule has 1 aromatic carbocycles. The first-order valence-corrected chi connectivity index (χ1v) is 6.81. The van der Waals surface area contributed by atoms with E-state index in [0.717, 1.165) is 12.0 Å². The van der Waals surface area contributed by atoms with Crippen LogP contribution in [0.25, 0.3) is 0 Å². The summed E-state index contributed by atoms with van der Waals surface area (Å²) in [4.78, 5) is 22.5. The average molecular weight is 278 g/mol. The molecule has 1 unspecified atom stereocenters. The van der Waals surface area contributed by atoms with Gasteiger partial charge in [0.05, 0.1) is 11.6 Å². The molecule has 0 aliphatic carbocycles. The van der Waals surface area contributed by atoms with Crippen LogP contribution < -0.4 is 11.1 Å². The van der Waals surface area contributed by atoms with Gasteiger partial charge in [-0.15, -0.1) is 0 Å². The molecule has 1 aromatic rings. The van der Waals surface area contributed by atoms with Crippen LogP contribution in [-0.2, 0) is 11.2 Å². The molecule has 0 heterocycles. The van der Waals surface area contributed by atoms with Crippen LogP contribution in [0.3, 0.4) is 0 Å². The van der Waals surface area contributed by atoms with E-state index < -0.39 is 12.0 Å². The number of carboxylic acid groups (broad SMARTS) is 1. The zero-order valence-corrected chi connectivity index (χ0v) is 11.9. The summed E-state index contributed by atoms with van der Waals surface area (Å²) in [6.07, 6.45) is 1.52. The van der Waals surface area contributed by atoms with Crippen molar-refractivity contribution >= 4 is 11.9 Å². The van der Waals surface area contributed by atoms with Gasteiger partial charge in [-0.2, -0.15) is 0 Å². The Bertz CT molecular complexity index is 457. The van der Waals surface area contributed by atoms with Crippen LogP contribution in [0.5, 0.6) is 0 Å². The number of carboxylic acids is 1. The monoisotopic (exact) mass is 278 g/mol. The Morgan fingerprint density at radius 3 is 2.40 bits per heavy atom. The van der Waals surface area contributed by atoms with Gasteiger partial charge in [-0.3, -0.25) is 4.79 Å². The summed E-state index contributed by atoms with van der Waals surface area (Å²) < 4.78 is 0. The predicted octanol–water partition coefficient (Wildman–Crippen LogP) is 1.42. The minimum absolute atomic E-state index is 0.137. The Hall–Kier alpha value is -1.88. The number of hydrogen-bond donors (Lipinski definition) is 3. The highest BCUT2D eigenvalue weighted by molar-refractivity contribution is 5.87. The first-order chi connectivity index (χ1) is 9.45. The molecule has 0 spiro atoms. The van der Waals surface area contributed by atoms with Crippen LogP contribution >= 0.6 is 0 Å². The van der Waals surface area contributed by atoms with Gasteiger partial charge in [0, 0.05) is 6.54 Å². The van der Waals surface area contributed by atoms with Crippen molar-refractivity contribution in [3.05, 3.63) is 35.4 Å². The number of nitrogens with two attached hydrogens (primary N) is 1. The van der Waals surface area contributed by atoms with Crippen LogP contribution in [0.1, 0.15) is 36.2 Å². The van der Waals surface area contributed by atoms with Gasteiger partial charge in [-0.25, -0.2) is 4.79 Å². The third-order valence-electron chi connectivity index (χ3n) is 3.47. The zero-order valence-electron chi connectivity index (χ0n) is 11.9. The van der Waals surface area contributed by atoms with E-state index in [2.05, 4.69) is 5.32 Å². The minimum Gasteiger partial charge on any atom is -0.478 e. The summed E-state index contributed by atoms with van der Waals surface area (Å²) in [7, 11) is 0. The fraction of sp³-hybridized carbons (Fsp3) is 0.467. The fourth-order valence-electron chi connectivity index (χ4n) is 1.77. The van der Waals surface area contributed by atoms with Crippen LogP contribution in [0.2, 0.25) is 0 Å². The molecule has 0 aromatic heterocycles. The molecule has 5 heteroatoms. The molecule has 5 nitrogen and oxygen atoms in total. The predicted molar refractivity (Wildman–Crippen MR) is 77.5 cm³/mol. The highest BCUT2D eigenvalue weighted by Gasteiger charge is 2.18. The highest BCUT2D eigenvalue weighted by atomic mass is 16.4. The third-order valence-corrected chi connectivity index (χ3v) is 3.47. The van der Waals surface area contributed by atoms with Crippen LogP contribution in [-0.4, -0.2) is 29.6 Å². The lowest BCUT2D eigenvalue weighted by molar-refractivity contribution is -0.123. The van der Waals surface area contributed by atoms with Crippen molar-refractivity contribution in [1.29, 1.82) is 0 Å². The summed E-state index contributed by atoms with van der Waals surface area (Å²) >= 11 is 0. The number of rotatable bonds is 7. The van der Waals surface area contributed by atoms with Crippen LogP contribution in [0, 0.1) is 5.92 Å².